The molecule has 3 heteroatoms. The summed E-state index contributed by atoms with van der Waals surface area (Å²) in [7, 11) is 0. The van der Waals surface area contributed by atoms with Crippen LogP contribution in [0.25, 0.3) is 11.1 Å². The van der Waals surface area contributed by atoms with Gasteiger partial charge in [0.05, 0.1) is 10.3 Å². The standard InChI is InChI=1S/C33H23NO2/c35-34(36)28-22-20-24(21-23-28)31-29-18-10-11-19-30(29)33(26-14-6-2-7-15-26,27-16-8-3-9-17-27)32(31)25-12-4-1-5-13-25/h1-23H. The predicted molar refractivity (Wildman–Crippen MR) is 145 cm³/mol. The van der Waals surface area contributed by atoms with E-state index in [1.807, 2.05) is 30.3 Å². The van der Waals surface area contributed by atoms with Gasteiger partial charge in [0.25, 0.3) is 5.69 Å². The Balaban J connectivity index is 1.80. The highest BCUT2D eigenvalue weighted by Crippen LogP contribution is 2.59. The largest absolute Gasteiger partial charge is 0.269 e. The van der Waals surface area contributed by atoms with Crippen LogP contribution < -0.4 is 0 Å². The van der Waals surface area contributed by atoms with Crippen molar-refractivity contribution < 1.29 is 4.92 Å². The summed E-state index contributed by atoms with van der Waals surface area (Å²) in [5, 5.41) is 11.4. The summed E-state index contributed by atoms with van der Waals surface area (Å²) in [6.07, 6.45) is 0. The van der Waals surface area contributed by atoms with Crippen molar-refractivity contribution in [3.63, 3.8) is 0 Å². The Bertz CT molecular complexity index is 1530. The number of non-ortho nitro benzene ring substituents is 1. The van der Waals surface area contributed by atoms with Crippen molar-refractivity contribution in [2.75, 3.05) is 0 Å². The van der Waals surface area contributed by atoms with E-state index in [1.165, 1.54) is 22.3 Å². The number of hydrogen-bond donors (Lipinski definition) is 0. The molecule has 0 aliphatic heterocycles. The average Bonchev–Trinajstić information content (AvgIpc) is 3.26. The Morgan fingerprint density at radius 1 is 0.528 bits per heavy atom. The van der Waals surface area contributed by atoms with Gasteiger partial charge >= 0.3 is 0 Å². The van der Waals surface area contributed by atoms with E-state index in [9.17, 15) is 10.1 Å². The fourth-order valence-electron chi connectivity index (χ4n) is 5.64. The zero-order valence-electron chi connectivity index (χ0n) is 19.5. The van der Waals surface area contributed by atoms with Crippen LogP contribution in [0.5, 0.6) is 0 Å². The Morgan fingerprint density at radius 3 is 1.58 bits per heavy atom. The minimum absolute atomic E-state index is 0.0873. The lowest BCUT2D eigenvalue weighted by atomic mass is 9.65. The van der Waals surface area contributed by atoms with Crippen molar-refractivity contribution >= 4 is 16.8 Å². The normalized spacial score (nSPS) is 13.9. The van der Waals surface area contributed by atoms with E-state index >= 15 is 0 Å². The molecule has 1 aliphatic carbocycles. The van der Waals surface area contributed by atoms with Crippen LogP contribution in [0.15, 0.2) is 140 Å². The monoisotopic (exact) mass is 465 g/mol. The first kappa shape index (κ1) is 21.8. The average molecular weight is 466 g/mol. The van der Waals surface area contributed by atoms with E-state index in [2.05, 4.69) is 97.1 Å². The quantitative estimate of drug-likeness (QED) is 0.196. The lowest BCUT2D eigenvalue weighted by Crippen LogP contribution is -2.29. The van der Waals surface area contributed by atoms with Gasteiger partial charge in [-0.25, -0.2) is 0 Å². The molecule has 0 saturated heterocycles. The van der Waals surface area contributed by atoms with Gasteiger partial charge in [0.1, 0.15) is 0 Å². The van der Waals surface area contributed by atoms with Crippen LogP contribution in [0.1, 0.15) is 33.4 Å². The first-order chi connectivity index (χ1) is 17.7. The number of nitrogens with zero attached hydrogens (tertiary/aromatic N) is 1. The smallest absolute Gasteiger partial charge is 0.258 e. The van der Waals surface area contributed by atoms with Crippen molar-refractivity contribution in [3.05, 3.63) is 183 Å². The third-order valence-electron chi connectivity index (χ3n) is 7.07. The first-order valence-corrected chi connectivity index (χ1v) is 12.0. The van der Waals surface area contributed by atoms with Gasteiger partial charge in [-0.3, -0.25) is 10.1 Å². The molecule has 0 atom stereocenters. The predicted octanol–water partition coefficient (Wildman–Crippen LogP) is 7.90. The number of nitro benzene ring substituents is 1. The highest BCUT2D eigenvalue weighted by atomic mass is 16.6. The van der Waals surface area contributed by atoms with Crippen LogP contribution in [-0.4, -0.2) is 4.92 Å². The molecule has 0 spiro atoms. The second kappa shape index (κ2) is 8.79. The molecular weight excluding hydrogens is 442 g/mol. The lowest BCUT2D eigenvalue weighted by Gasteiger charge is -2.36. The molecule has 0 amide bonds. The Kier molecular flexibility index (Phi) is 5.31. The summed E-state index contributed by atoms with van der Waals surface area (Å²) in [6, 6.07) is 47.2. The third kappa shape index (κ3) is 3.29. The number of allylic oxidation sites excluding steroid dienone is 1. The van der Waals surface area contributed by atoms with Crippen molar-refractivity contribution in [3.8, 4) is 0 Å². The molecule has 0 fully saturated rings. The van der Waals surface area contributed by atoms with Gasteiger partial charge in [0, 0.05) is 12.1 Å². The molecule has 0 heterocycles. The molecular formula is C33H23NO2. The van der Waals surface area contributed by atoms with Crippen LogP contribution in [-0.2, 0) is 5.41 Å². The maximum atomic E-state index is 11.4. The molecule has 3 nitrogen and oxygen atoms in total. The van der Waals surface area contributed by atoms with Gasteiger partial charge in [-0.2, -0.15) is 0 Å². The topological polar surface area (TPSA) is 43.1 Å². The van der Waals surface area contributed by atoms with Gasteiger partial charge < -0.3 is 0 Å². The molecule has 5 aromatic carbocycles. The Labute approximate surface area is 210 Å². The first-order valence-electron chi connectivity index (χ1n) is 12.0. The summed E-state index contributed by atoms with van der Waals surface area (Å²) in [5.41, 5.74) is 8.58. The van der Waals surface area contributed by atoms with E-state index in [4.69, 9.17) is 0 Å². The van der Waals surface area contributed by atoms with E-state index in [0.717, 1.165) is 22.3 Å². The number of hydrogen-bond acceptors (Lipinski definition) is 2. The molecule has 1 aliphatic rings. The molecule has 0 saturated carbocycles. The minimum atomic E-state index is -0.558. The number of rotatable bonds is 5. The molecule has 6 rings (SSSR count). The zero-order valence-corrected chi connectivity index (χ0v) is 19.5. The van der Waals surface area contributed by atoms with E-state index in [-0.39, 0.29) is 10.6 Å². The van der Waals surface area contributed by atoms with Crippen molar-refractivity contribution in [2.45, 2.75) is 5.41 Å². The third-order valence-corrected chi connectivity index (χ3v) is 7.07. The van der Waals surface area contributed by atoms with Gasteiger partial charge in [-0.05, 0) is 56.7 Å². The maximum absolute atomic E-state index is 11.4. The van der Waals surface area contributed by atoms with Crippen LogP contribution in [0.2, 0.25) is 0 Å². The molecule has 172 valence electrons. The second-order valence-corrected chi connectivity index (χ2v) is 8.95. The minimum Gasteiger partial charge on any atom is -0.258 e. The van der Waals surface area contributed by atoms with Crippen LogP contribution in [0, 0.1) is 10.1 Å². The number of benzene rings is 5. The summed E-state index contributed by atoms with van der Waals surface area (Å²) >= 11 is 0. The summed E-state index contributed by atoms with van der Waals surface area (Å²) in [4.78, 5) is 11.0. The SMILES string of the molecule is O=[N+]([O-])c1ccc(C2=C(c3ccccc3)C(c3ccccc3)(c3ccccc3)c3ccccc32)cc1. The molecule has 36 heavy (non-hydrogen) atoms. The van der Waals surface area contributed by atoms with Gasteiger partial charge in [-0.1, -0.05) is 115 Å². The molecule has 5 aromatic rings. The number of fused-ring (bicyclic) bond motifs is 1. The van der Waals surface area contributed by atoms with E-state index < -0.39 is 5.41 Å². The Morgan fingerprint density at radius 2 is 1.03 bits per heavy atom. The lowest BCUT2D eigenvalue weighted by molar-refractivity contribution is -0.384. The van der Waals surface area contributed by atoms with Crippen molar-refractivity contribution in [1.29, 1.82) is 0 Å². The maximum Gasteiger partial charge on any atom is 0.269 e. The van der Waals surface area contributed by atoms with E-state index in [1.54, 1.807) is 12.1 Å². The highest BCUT2D eigenvalue weighted by molar-refractivity contribution is 6.10. The summed E-state index contributed by atoms with van der Waals surface area (Å²) in [6.45, 7) is 0. The fraction of sp³-hybridized carbons (Fsp3) is 0.0303. The summed E-state index contributed by atoms with van der Waals surface area (Å²) < 4.78 is 0. The Hall–Kier alpha value is -4.76. The summed E-state index contributed by atoms with van der Waals surface area (Å²) in [5.74, 6) is 0. The number of nitro groups is 1. The van der Waals surface area contributed by atoms with Crippen LogP contribution in [0.4, 0.5) is 5.69 Å². The van der Waals surface area contributed by atoms with Crippen molar-refractivity contribution in [2.24, 2.45) is 0 Å². The molecule has 0 N–H and O–H groups in total. The van der Waals surface area contributed by atoms with Gasteiger partial charge in [0.15, 0.2) is 0 Å². The van der Waals surface area contributed by atoms with Crippen LogP contribution in [0.3, 0.4) is 0 Å². The van der Waals surface area contributed by atoms with Crippen molar-refractivity contribution in [1.82, 2.24) is 0 Å². The van der Waals surface area contributed by atoms with Gasteiger partial charge in [-0.15, -0.1) is 0 Å². The van der Waals surface area contributed by atoms with E-state index in [0.29, 0.717) is 0 Å². The molecule has 0 bridgehead atoms. The molecule has 0 unspecified atom stereocenters. The highest BCUT2D eigenvalue weighted by Gasteiger charge is 2.48. The second-order valence-electron chi connectivity index (χ2n) is 8.95. The van der Waals surface area contributed by atoms with Crippen LogP contribution >= 0.6 is 0 Å². The van der Waals surface area contributed by atoms with Gasteiger partial charge in [0.2, 0.25) is 0 Å². The zero-order chi connectivity index (χ0) is 24.5. The molecule has 0 radical (unpaired) electrons. The fourth-order valence-corrected chi connectivity index (χ4v) is 5.64. The molecule has 0 aromatic heterocycles.